The van der Waals surface area contributed by atoms with Gasteiger partial charge < -0.3 is 15.1 Å². The third-order valence-corrected chi connectivity index (χ3v) is 3.93. The molecule has 20 heavy (non-hydrogen) atoms. The van der Waals surface area contributed by atoms with Crippen LogP contribution in [0.2, 0.25) is 0 Å². The van der Waals surface area contributed by atoms with Gasteiger partial charge in [-0.1, -0.05) is 0 Å². The van der Waals surface area contributed by atoms with E-state index in [1.807, 2.05) is 12.1 Å². The zero-order valence-electron chi connectivity index (χ0n) is 11.3. The first-order valence-electron chi connectivity index (χ1n) is 6.95. The van der Waals surface area contributed by atoms with Gasteiger partial charge in [-0.05, 0) is 24.1 Å². The van der Waals surface area contributed by atoms with Crippen molar-refractivity contribution in [1.82, 2.24) is 20.1 Å². The minimum Gasteiger partial charge on any atom is -0.332 e. The monoisotopic (exact) mass is 274 g/mol. The van der Waals surface area contributed by atoms with Gasteiger partial charge in [-0.15, -0.1) is 0 Å². The Labute approximate surface area is 117 Å². The lowest BCUT2D eigenvalue weighted by atomic mass is 10.1. The molecule has 1 unspecified atom stereocenters. The SMILES string of the molecule is O=C1C(=O)N2CCNCC2CN1CCc1ccncc1. The van der Waals surface area contributed by atoms with Crippen LogP contribution in [0.3, 0.4) is 0 Å². The van der Waals surface area contributed by atoms with Crippen LogP contribution < -0.4 is 5.32 Å². The Morgan fingerprint density at radius 3 is 2.85 bits per heavy atom. The molecule has 0 aromatic carbocycles. The van der Waals surface area contributed by atoms with E-state index in [1.165, 1.54) is 0 Å². The Hall–Kier alpha value is -1.95. The molecule has 1 aromatic heterocycles. The summed E-state index contributed by atoms with van der Waals surface area (Å²) in [5.74, 6) is -0.713. The molecule has 0 radical (unpaired) electrons. The molecule has 2 aliphatic rings. The van der Waals surface area contributed by atoms with Crippen LogP contribution in [0.5, 0.6) is 0 Å². The maximum Gasteiger partial charge on any atom is 0.312 e. The smallest absolute Gasteiger partial charge is 0.312 e. The average Bonchev–Trinajstić information content (AvgIpc) is 2.50. The highest BCUT2D eigenvalue weighted by Gasteiger charge is 2.39. The van der Waals surface area contributed by atoms with Crippen molar-refractivity contribution in [3.63, 3.8) is 0 Å². The number of carbonyl (C=O) groups excluding carboxylic acids is 2. The van der Waals surface area contributed by atoms with Gasteiger partial charge in [-0.2, -0.15) is 0 Å². The molecule has 0 aliphatic carbocycles. The highest BCUT2D eigenvalue weighted by atomic mass is 16.2. The molecule has 2 fully saturated rings. The first-order chi connectivity index (χ1) is 9.75. The second kappa shape index (κ2) is 5.58. The lowest BCUT2D eigenvalue weighted by Crippen LogP contribution is -2.65. The summed E-state index contributed by atoms with van der Waals surface area (Å²) in [7, 11) is 0. The lowest BCUT2D eigenvalue weighted by molar-refractivity contribution is -0.159. The van der Waals surface area contributed by atoms with Crippen molar-refractivity contribution >= 4 is 11.8 Å². The lowest BCUT2D eigenvalue weighted by Gasteiger charge is -2.43. The maximum atomic E-state index is 12.1. The zero-order valence-corrected chi connectivity index (χ0v) is 11.3. The Morgan fingerprint density at radius 2 is 2.05 bits per heavy atom. The van der Waals surface area contributed by atoms with Gasteiger partial charge in [0.05, 0.1) is 6.04 Å². The molecule has 0 bridgehead atoms. The predicted molar refractivity (Wildman–Crippen MR) is 72.9 cm³/mol. The van der Waals surface area contributed by atoms with E-state index >= 15 is 0 Å². The van der Waals surface area contributed by atoms with E-state index in [0.717, 1.165) is 25.1 Å². The highest BCUT2D eigenvalue weighted by Crippen LogP contribution is 2.14. The molecule has 6 nitrogen and oxygen atoms in total. The summed E-state index contributed by atoms with van der Waals surface area (Å²) >= 11 is 0. The number of hydrogen-bond donors (Lipinski definition) is 1. The standard InChI is InChI=1S/C14H18N4O2/c19-13-14(20)18-8-6-16-9-12(18)10-17(13)7-3-11-1-4-15-5-2-11/h1-2,4-5,12,16H,3,6-10H2. The van der Waals surface area contributed by atoms with Gasteiger partial charge in [0, 0.05) is 45.1 Å². The number of fused-ring (bicyclic) bond motifs is 1. The average molecular weight is 274 g/mol. The van der Waals surface area contributed by atoms with Crippen molar-refractivity contribution in [1.29, 1.82) is 0 Å². The number of rotatable bonds is 3. The molecule has 2 aliphatic heterocycles. The number of carbonyl (C=O) groups is 2. The van der Waals surface area contributed by atoms with E-state index in [-0.39, 0.29) is 17.9 Å². The Bertz CT molecular complexity index is 505. The first kappa shape index (κ1) is 13.1. The van der Waals surface area contributed by atoms with E-state index in [0.29, 0.717) is 19.6 Å². The Kier molecular flexibility index (Phi) is 3.64. The molecule has 2 saturated heterocycles. The van der Waals surface area contributed by atoms with Gasteiger partial charge in [-0.3, -0.25) is 14.6 Å². The quantitative estimate of drug-likeness (QED) is 0.738. The van der Waals surface area contributed by atoms with E-state index in [2.05, 4.69) is 10.3 Å². The minimum atomic E-state index is -0.364. The summed E-state index contributed by atoms with van der Waals surface area (Å²) in [4.78, 5) is 31.5. The van der Waals surface area contributed by atoms with Crippen molar-refractivity contribution in [2.45, 2.75) is 12.5 Å². The summed E-state index contributed by atoms with van der Waals surface area (Å²) in [5.41, 5.74) is 1.13. The van der Waals surface area contributed by atoms with Crippen molar-refractivity contribution in [3.05, 3.63) is 30.1 Å². The normalized spacial score (nSPS) is 22.9. The fourth-order valence-corrected chi connectivity index (χ4v) is 2.79. The maximum absolute atomic E-state index is 12.1. The van der Waals surface area contributed by atoms with Crippen LogP contribution in [-0.2, 0) is 16.0 Å². The molecular formula is C14H18N4O2. The van der Waals surface area contributed by atoms with Gasteiger partial charge in [0.15, 0.2) is 0 Å². The molecule has 2 amide bonds. The van der Waals surface area contributed by atoms with E-state index in [9.17, 15) is 9.59 Å². The molecule has 3 rings (SSSR count). The van der Waals surface area contributed by atoms with Crippen LogP contribution in [-0.4, -0.2) is 65.4 Å². The molecule has 1 N–H and O–H groups in total. The minimum absolute atomic E-state index is 0.117. The fraction of sp³-hybridized carbons (Fsp3) is 0.500. The second-order valence-corrected chi connectivity index (χ2v) is 5.21. The number of nitrogens with one attached hydrogen (secondary N) is 1. The van der Waals surface area contributed by atoms with Crippen molar-refractivity contribution in [3.8, 4) is 0 Å². The molecule has 6 heteroatoms. The molecule has 0 saturated carbocycles. The summed E-state index contributed by atoms with van der Waals surface area (Å²) in [6.07, 6.45) is 4.23. The number of hydrogen-bond acceptors (Lipinski definition) is 4. The molecule has 3 heterocycles. The molecule has 106 valence electrons. The second-order valence-electron chi connectivity index (χ2n) is 5.21. The van der Waals surface area contributed by atoms with Crippen molar-refractivity contribution in [2.24, 2.45) is 0 Å². The molecule has 0 spiro atoms. The van der Waals surface area contributed by atoms with Crippen LogP contribution in [0.25, 0.3) is 0 Å². The van der Waals surface area contributed by atoms with Crippen LogP contribution in [0.15, 0.2) is 24.5 Å². The molecule has 1 atom stereocenters. The third kappa shape index (κ3) is 2.51. The van der Waals surface area contributed by atoms with Crippen LogP contribution >= 0.6 is 0 Å². The number of aromatic nitrogens is 1. The summed E-state index contributed by atoms with van der Waals surface area (Å²) in [5, 5.41) is 3.27. The van der Waals surface area contributed by atoms with Gasteiger partial charge in [-0.25, -0.2) is 0 Å². The Morgan fingerprint density at radius 1 is 1.25 bits per heavy atom. The van der Waals surface area contributed by atoms with Crippen molar-refractivity contribution < 1.29 is 9.59 Å². The highest BCUT2D eigenvalue weighted by molar-refractivity contribution is 6.35. The van der Waals surface area contributed by atoms with Crippen LogP contribution in [0, 0.1) is 0 Å². The number of pyridine rings is 1. The number of nitrogens with zero attached hydrogens (tertiary/aromatic N) is 3. The van der Waals surface area contributed by atoms with E-state index in [4.69, 9.17) is 0 Å². The summed E-state index contributed by atoms with van der Waals surface area (Å²) < 4.78 is 0. The zero-order chi connectivity index (χ0) is 13.9. The number of amides is 2. The molecular weight excluding hydrogens is 256 g/mol. The predicted octanol–water partition coefficient (Wildman–Crippen LogP) is -0.733. The van der Waals surface area contributed by atoms with Crippen molar-refractivity contribution in [2.75, 3.05) is 32.7 Å². The fourth-order valence-electron chi connectivity index (χ4n) is 2.79. The largest absolute Gasteiger partial charge is 0.332 e. The topological polar surface area (TPSA) is 65.5 Å². The van der Waals surface area contributed by atoms with Gasteiger partial charge >= 0.3 is 11.8 Å². The summed E-state index contributed by atoms with van der Waals surface area (Å²) in [6.45, 7) is 3.38. The van der Waals surface area contributed by atoms with Gasteiger partial charge in [0.1, 0.15) is 0 Å². The van der Waals surface area contributed by atoms with Crippen LogP contribution in [0.4, 0.5) is 0 Å². The van der Waals surface area contributed by atoms with E-state index < -0.39 is 0 Å². The Balaban J connectivity index is 1.64. The summed E-state index contributed by atoms with van der Waals surface area (Å²) in [6, 6.07) is 3.99. The molecule has 1 aromatic rings. The van der Waals surface area contributed by atoms with Gasteiger partial charge in [0.25, 0.3) is 0 Å². The van der Waals surface area contributed by atoms with Gasteiger partial charge in [0.2, 0.25) is 0 Å². The third-order valence-electron chi connectivity index (χ3n) is 3.93. The first-order valence-corrected chi connectivity index (χ1v) is 6.95. The van der Waals surface area contributed by atoms with E-state index in [1.54, 1.807) is 22.2 Å². The van der Waals surface area contributed by atoms with Crippen LogP contribution in [0.1, 0.15) is 5.56 Å². The number of piperazine rings is 2.